The highest BCUT2D eigenvalue weighted by Gasteiger charge is 2.10. The van der Waals surface area contributed by atoms with Gasteiger partial charge in [-0.1, -0.05) is 13.8 Å². The molecule has 0 bridgehead atoms. The molecule has 1 atom stereocenters. The van der Waals surface area contributed by atoms with E-state index in [0.717, 1.165) is 6.42 Å². The monoisotopic (exact) mass is 270 g/mol. The molecule has 0 heterocycles. The number of hydrogen-bond acceptors (Lipinski definition) is 3. The molecule has 1 N–H and O–H groups in total. The minimum atomic E-state index is -0.683. The van der Waals surface area contributed by atoms with Crippen LogP contribution in [-0.4, -0.2) is 24.9 Å². The average molecular weight is 270 g/mol. The van der Waals surface area contributed by atoms with Gasteiger partial charge in [0.2, 0.25) is 0 Å². The molecule has 0 aliphatic heterocycles. The zero-order valence-electron chi connectivity index (χ0n) is 11.9. The molecule has 0 amide bonds. The minimum Gasteiger partial charge on any atom is -0.491 e. The number of hydrogen-bond donors (Lipinski definition) is 1. The Balaban J connectivity index is 2.38. The van der Waals surface area contributed by atoms with Crippen LogP contribution in [0.2, 0.25) is 0 Å². The van der Waals surface area contributed by atoms with Crippen molar-refractivity contribution in [1.29, 1.82) is 0 Å². The lowest BCUT2D eigenvalue weighted by Gasteiger charge is -2.14. The first-order chi connectivity index (χ1) is 9.00. The SMILES string of the molecule is CC(C)CCOCCOc1cc(F)ccc1[C@H](C)O. The van der Waals surface area contributed by atoms with Crippen molar-refractivity contribution in [1.82, 2.24) is 0 Å². The highest BCUT2D eigenvalue weighted by Crippen LogP contribution is 2.25. The van der Waals surface area contributed by atoms with Crippen LogP contribution >= 0.6 is 0 Å². The second-order valence-corrected chi connectivity index (χ2v) is 5.00. The van der Waals surface area contributed by atoms with E-state index in [0.29, 0.717) is 37.1 Å². The summed E-state index contributed by atoms with van der Waals surface area (Å²) in [5.74, 6) is 0.619. The predicted octanol–water partition coefficient (Wildman–Crippen LogP) is 3.32. The Hall–Kier alpha value is -1.13. The van der Waals surface area contributed by atoms with Gasteiger partial charge in [0.15, 0.2) is 0 Å². The Morgan fingerprint density at radius 3 is 2.53 bits per heavy atom. The Morgan fingerprint density at radius 2 is 1.89 bits per heavy atom. The molecule has 0 saturated carbocycles. The van der Waals surface area contributed by atoms with E-state index >= 15 is 0 Å². The predicted molar refractivity (Wildman–Crippen MR) is 72.8 cm³/mol. The van der Waals surface area contributed by atoms with Crippen molar-refractivity contribution in [2.75, 3.05) is 19.8 Å². The Morgan fingerprint density at radius 1 is 1.16 bits per heavy atom. The first-order valence-corrected chi connectivity index (χ1v) is 6.68. The number of benzene rings is 1. The van der Waals surface area contributed by atoms with Crippen LogP contribution in [0, 0.1) is 11.7 Å². The fourth-order valence-corrected chi connectivity index (χ4v) is 1.61. The quantitative estimate of drug-likeness (QED) is 0.736. The number of halogens is 1. The lowest BCUT2D eigenvalue weighted by molar-refractivity contribution is 0.0908. The lowest BCUT2D eigenvalue weighted by Crippen LogP contribution is -2.10. The molecule has 0 fully saturated rings. The standard InChI is InChI=1S/C15H23FO3/c1-11(2)6-7-18-8-9-19-15-10-13(16)4-5-14(15)12(3)17/h4-5,10-12,17H,6-9H2,1-3H3/t12-/m0/s1. The molecule has 108 valence electrons. The van der Waals surface area contributed by atoms with Gasteiger partial charge in [0, 0.05) is 18.2 Å². The summed E-state index contributed by atoms with van der Waals surface area (Å²) in [5.41, 5.74) is 0.587. The third kappa shape index (κ3) is 6.03. The van der Waals surface area contributed by atoms with Gasteiger partial charge in [-0.2, -0.15) is 0 Å². The minimum absolute atomic E-state index is 0.348. The van der Waals surface area contributed by atoms with Gasteiger partial charge in [0.1, 0.15) is 18.2 Å². The number of aliphatic hydroxyl groups excluding tert-OH is 1. The molecule has 0 unspecified atom stereocenters. The van der Waals surface area contributed by atoms with Gasteiger partial charge in [-0.25, -0.2) is 4.39 Å². The summed E-state index contributed by atoms with van der Waals surface area (Å²) in [6.07, 6.45) is 0.330. The summed E-state index contributed by atoms with van der Waals surface area (Å²) >= 11 is 0. The van der Waals surface area contributed by atoms with Gasteiger partial charge in [-0.15, -0.1) is 0 Å². The fourth-order valence-electron chi connectivity index (χ4n) is 1.61. The summed E-state index contributed by atoms with van der Waals surface area (Å²) in [7, 11) is 0. The van der Waals surface area contributed by atoms with Gasteiger partial charge >= 0.3 is 0 Å². The number of rotatable bonds is 8. The fraction of sp³-hybridized carbons (Fsp3) is 0.600. The van der Waals surface area contributed by atoms with Gasteiger partial charge in [-0.05, 0) is 31.4 Å². The molecule has 1 aromatic carbocycles. The molecular formula is C15H23FO3. The van der Waals surface area contributed by atoms with Crippen molar-refractivity contribution >= 4 is 0 Å². The van der Waals surface area contributed by atoms with Gasteiger partial charge < -0.3 is 14.6 Å². The maximum Gasteiger partial charge on any atom is 0.128 e. The third-order valence-corrected chi connectivity index (χ3v) is 2.75. The summed E-state index contributed by atoms with van der Waals surface area (Å²) in [5, 5.41) is 9.56. The molecule has 1 rings (SSSR count). The lowest BCUT2D eigenvalue weighted by atomic mass is 10.1. The van der Waals surface area contributed by atoms with Gasteiger partial charge in [0.25, 0.3) is 0 Å². The molecule has 19 heavy (non-hydrogen) atoms. The van der Waals surface area contributed by atoms with Crippen molar-refractivity contribution in [3.05, 3.63) is 29.6 Å². The Labute approximate surface area is 114 Å². The Bertz CT molecular complexity index is 378. The van der Waals surface area contributed by atoms with Gasteiger partial charge in [-0.3, -0.25) is 0 Å². The van der Waals surface area contributed by atoms with E-state index in [-0.39, 0.29) is 5.82 Å². The highest BCUT2D eigenvalue weighted by molar-refractivity contribution is 5.35. The van der Waals surface area contributed by atoms with Crippen LogP contribution in [0.1, 0.15) is 38.9 Å². The molecule has 0 radical (unpaired) electrons. The summed E-state index contributed by atoms with van der Waals surface area (Å²) in [6, 6.07) is 4.14. The van der Waals surface area contributed by atoms with E-state index < -0.39 is 6.10 Å². The topological polar surface area (TPSA) is 38.7 Å². The molecule has 0 aliphatic rings. The molecule has 3 nitrogen and oxygen atoms in total. The van der Waals surface area contributed by atoms with Crippen molar-refractivity contribution in [3.8, 4) is 5.75 Å². The van der Waals surface area contributed by atoms with Crippen molar-refractivity contribution < 1.29 is 19.0 Å². The summed E-state index contributed by atoms with van der Waals surface area (Å²) < 4.78 is 24.0. The first-order valence-electron chi connectivity index (χ1n) is 6.68. The number of ether oxygens (including phenoxy) is 2. The third-order valence-electron chi connectivity index (χ3n) is 2.75. The highest BCUT2D eigenvalue weighted by atomic mass is 19.1. The molecule has 0 aliphatic carbocycles. The molecule has 1 aromatic rings. The number of aliphatic hydroxyl groups is 1. The van der Waals surface area contributed by atoms with E-state index in [4.69, 9.17) is 9.47 Å². The van der Waals surface area contributed by atoms with Crippen LogP contribution in [0.25, 0.3) is 0 Å². The van der Waals surface area contributed by atoms with Crippen molar-refractivity contribution in [2.24, 2.45) is 5.92 Å². The maximum absolute atomic E-state index is 13.1. The molecule has 4 heteroatoms. The Kier molecular flexibility index (Phi) is 6.81. The second kappa shape index (κ2) is 8.12. The van der Waals surface area contributed by atoms with Crippen LogP contribution in [0.5, 0.6) is 5.75 Å². The van der Waals surface area contributed by atoms with Crippen LogP contribution in [-0.2, 0) is 4.74 Å². The van der Waals surface area contributed by atoms with Crippen LogP contribution in [0.3, 0.4) is 0 Å². The summed E-state index contributed by atoms with van der Waals surface area (Å²) in [6.45, 7) is 7.42. The maximum atomic E-state index is 13.1. The second-order valence-electron chi connectivity index (χ2n) is 5.00. The largest absolute Gasteiger partial charge is 0.491 e. The van der Waals surface area contributed by atoms with Gasteiger partial charge in [0.05, 0.1) is 12.7 Å². The first kappa shape index (κ1) is 15.9. The van der Waals surface area contributed by atoms with Crippen LogP contribution < -0.4 is 4.74 Å². The summed E-state index contributed by atoms with van der Waals surface area (Å²) in [4.78, 5) is 0. The van der Waals surface area contributed by atoms with Crippen molar-refractivity contribution in [2.45, 2.75) is 33.3 Å². The van der Waals surface area contributed by atoms with E-state index in [1.807, 2.05) is 0 Å². The van der Waals surface area contributed by atoms with E-state index in [2.05, 4.69) is 13.8 Å². The average Bonchev–Trinajstić information content (AvgIpc) is 2.33. The van der Waals surface area contributed by atoms with E-state index in [1.165, 1.54) is 18.2 Å². The van der Waals surface area contributed by atoms with Crippen LogP contribution in [0.15, 0.2) is 18.2 Å². The zero-order valence-corrected chi connectivity index (χ0v) is 11.9. The molecule has 0 spiro atoms. The van der Waals surface area contributed by atoms with Crippen LogP contribution in [0.4, 0.5) is 4.39 Å². The molecule has 0 saturated heterocycles. The van der Waals surface area contributed by atoms with Crippen molar-refractivity contribution in [3.63, 3.8) is 0 Å². The molecule has 0 aromatic heterocycles. The van der Waals surface area contributed by atoms with E-state index in [9.17, 15) is 9.50 Å². The van der Waals surface area contributed by atoms with E-state index in [1.54, 1.807) is 6.92 Å². The zero-order chi connectivity index (χ0) is 14.3. The normalized spacial score (nSPS) is 12.7. The smallest absolute Gasteiger partial charge is 0.128 e. The molecular weight excluding hydrogens is 247 g/mol.